The third-order valence-electron chi connectivity index (χ3n) is 10.1. The molecule has 10 nitrogen and oxygen atoms in total. The van der Waals surface area contributed by atoms with Gasteiger partial charge in [-0.1, -0.05) is 48.5 Å². The summed E-state index contributed by atoms with van der Waals surface area (Å²) in [6.45, 7) is 2.45. The molecule has 0 saturated carbocycles. The maximum absolute atomic E-state index is 14.2. The molecule has 10 heteroatoms. The number of aromatic amines is 1. The van der Waals surface area contributed by atoms with Crippen molar-refractivity contribution in [3.05, 3.63) is 77.5 Å². The van der Waals surface area contributed by atoms with Gasteiger partial charge in [-0.3, -0.25) is 28.9 Å². The van der Waals surface area contributed by atoms with Gasteiger partial charge in [0.1, 0.15) is 12.1 Å². The van der Waals surface area contributed by atoms with E-state index in [1.54, 1.807) is 4.90 Å². The van der Waals surface area contributed by atoms with Crippen LogP contribution in [0.4, 0.5) is 0 Å². The van der Waals surface area contributed by atoms with Crippen LogP contribution >= 0.6 is 0 Å². The Bertz CT molecular complexity index is 1700. The Labute approximate surface area is 249 Å². The first-order chi connectivity index (χ1) is 20.7. The van der Waals surface area contributed by atoms with Crippen LogP contribution in [-0.4, -0.2) is 92.4 Å². The number of aliphatic hydroxyl groups is 1. The molecular weight excluding hydrogens is 546 g/mol. The number of fused-ring (bicyclic) bond motifs is 5. The van der Waals surface area contributed by atoms with Crippen LogP contribution in [-0.2, 0) is 32.0 Å². The second kappa shape index (κ2) is 9.25. The van der Waals surface area contributed by atoms with Gasteiger partial charge in [0.25, 0.3) is 11.8 Å². The van der Waals surface area contributed by atoms with E-state index >= 15 is 0 Å². The van der Waals surface area contributed by atoms with Gasteiger partial charge in [0.2, 0.25) is 17.5 Å². The van der Waals surface area contributed by atoms with Crippen LogP contribution in [0.5, 0.6) is 0 Å². The lowest BCUT2D eigenvalue weighted by Gasteiger charge is -2.48. The summed E-state index contributed by atoms with van der Waals surface area (Å²) >= 11 is 0. The van der Waals surface area contributed by atoms with E-state index in [4.69, 9.17) is 4.74 Å². The summed E-state index contributed by atoms with van der Waals surface area (Å²) in [5.41, 5.74) is 3.58. The minimum absolute atomic E-state index is 0.144. The highest BCUT2D eigenvalue weighted by atomic mass is 16.7. The first-order valence-electron chi connectivity index (χ1n) is 15.1. The van der Waals surface area contributed by atoms with Gasteiger partial charge < -0.3 is 20.3 Å². The van der Waals surface area contributed by atoms with E-state index in [-0.39, 0.29) is 24.3 Å². The molecule has 1 aliphatic carbocycles. The average molecular weight is 582 g/mol. The first-order valence-corrected chi connectivity index (χ1v) is 15.1. The van der Waals surface area contributed by atoms with Gasteiger partial charge in [0.15, 0.2) is 0 Å². The molecule has 3 N–H and O–H groups in total. The quantitative estimate of drug-likeness (QED) is 0.434. The van der Waals surface area contributed by atoms with Crippen LogP contribution in [0.25, 0.3) is 16.5 Å². The molecule has 0 bridgehead atoms. The molecule has 5 aliphatic rings. The van der Waals surface area contributed by atoms with Gasteiger partial charge in [0, 0.05) is 42.7 Å². The fourth-order valence-corrected chi connectivity index (χ4v) is 8.12. The summed E-state index contributed by atoms with van der Waals surface area (Å²) in [5.74, 6) is -3.77. The summed E-state index contributed by atoms with van der Waals surface area (Å²) in [4.78, 5) is 50.2. The van der Waals surface area contributed by atoms with Crippen molar-refractivity contribution in [1.29, 1.82) is 0 Å². The van der Waals surface area contributed by atoms with Crippen molar-refractivity contribution >= 4 is 34.2 Å². The summed E-state index contributed by atoms with van der Waals surface area (Å²) in [6.07, 6.45) is 6.38. The highest BCUT2D eigenvalue weighted by molar-refractivity contribution is 6.00. The molecule has 3 fully saturated rings. The zero-order chi connectivity index (χ0) is 29.7. The van der Waals surface area contributed by atoms with Gasteiger partial charge >= 0.3 is 0 Å². The summed E-state index contributed by atoms with van der Waals surface area (Å²) in [5, 5.41) is 16.1. The number of likely N-dealkylation sites (N-methyl/N-ethyl adjacent to an activating group) is 1. The number of nitrogens with one attached hydrogen (secondary N) is 2. The van der Waals surface area contributed by atoms with Gasteiger partial charge in [-0.2, -0.15) is 0 Å². The van der Waals surface area contributed by atoms with Crippen LogP contribution in [0.2, 0.25) is 0 Å². The van der Waals surface area contributed by atoms with Crippen LogP contribution in [0.1, 0.15) is 36.5 Å². The topological polar surface area (TPSA) is 118 Å². The minimum atomic E-state index is -2.04. The molecule has 5 heterocycles. The molecule has 0 spiro atoms. The number of carbonyl (C=O) groups excluding carboxylic acids is 3. The van der Waals surface area contributed by atoms with E-state index in [9.17, 15) is 19.5 Å². The number of H-pyrrole nitrogens is 1. The lowest BCUT2D eigenvalue weighted by atomic mass is 9.79. The normalized spacial score (nSPS) is 33.3. The van der Waals surface area contributed by atoms with Crippen molar-refractivity contribution < 1.29 is 24.2 Å². The standard InChI is InChI=1S/C33H35N5O5/c1-32(35-29(39)21-15-23-22-10-6-11-24-28(22)20(17-34-24)16-25(23)36(2)18-21)31(41)38-26(14-19-8-4-3-5-9-19)30(40)37-13-7-12-27(37)33(38,42)43-32/h3-6,8-11,15,17,21,25-27,34,42H,7,12-14,16,18H2,1-2H3,(H,35,39)/t21-,25?,26+,27?,32-,33+/m1/s1. The van der Waals surface area contributed by atoms with Crippen molar-refractivity contribution in [3.63, 3.8) is 0 Å². The number of carbonyl (C=O) groups is 3. The molecule has 2 unspecified atom stereocenters. The molecule has 8 rings (SSSR count). The first kappa shape index (κ1) is 26.6. The number of nitrogens with zero attached hydrogens (tertiary/aromatic N) is 3. The van der Waals surface area contributed by atoms with Crippen molar-refractivity contribution in [2.75, 3.05) is 20.1 Å². The molecule has 43 heavy (non-hydrogen) atoms. The lowest BCUT2D eigenvalue weighted by molar-refractivity contribution is -0.315. The van der Waals surface area contributed by atoms with Crippen LogP contribution in [0.3, 0.4) is 0 Å². The third kappa shape index (κ3) is 3.79. The zero-order valence-corrected chi connectivity index (χ0v) is 24.2. The summed E-state index contributed by atoms with van der Waals surface area (Å²) < 4.78 is 6.23. The van der Waals surface area contributed by atoms with Crippen molar-refractivity contribution in [2.24, 2.45) is 5.92 Å². The Morgan fingerprint density at radius 1 is 1.16 bits per heavy atom. The molecule has 0 radical (unpaired) electrons. The Kier molecular flexibility index (Phi) is 5.73. The van der Waals surface area contributed by atoms with Crippen molar-refractivity contribution in [1.82, 2.24) is 25.0 Å². The molecule has 6 atom stereocenters. The number of hydrogen-bond acceptors (Lipinski definition) is 6. The molecule has 3 saturated heterocycles. The zero-order valence-electron chi connectivity index (χ0n) is 24.2. The second-order valence-corrected chi connectivity index (χ2v) is 12.8. The van der Waals surface area contributed by atoms with Gasteiger partial charge in [-0.05, 0) is 61.6 Å². The monoisotopic (exact) mass is 581 g/mol. The van der Waals surface area contributed by atoms with Crippen LogP contribution < -0.4 is 5.32 Å². The van der Waals surface area contributed by atoms with E-state index in [1.807, 2.05) is 49.5 Å². The number of benzene rings is 2. The molecule has 222 valence electrons. The summed E-state index contributed by atoms with van der Waals surface area (Å²) in [6, 6.07) is 14.1. The lowest BCUT2D eigenvalue weighted by Crippen LogP contribution is -2.71. The highest BCUT2D eigenvalue weighted by Gasteiger charge is 2.70. The maximum atomic E-state index is 14.2. The fraction of sp³-hybridized carbons (Fsp3) is 0.424. The van der Waals surface area contributed by atoms with E-state index in [1.165, 1.54) is 22.8 Å². The summed E-state index contributed by atoms with van der Waals surface area (Å²) in [7, 11) is 2.02. The number of ether oxygens (including phenoxy) is 1. The number of rotatable bonds is 4. The number of piperazine rings is 1. The number of amides is 3. The van der Waals surface area contributed by atoms with Gasteiger partial charge in [0.05, 0.1) is 5.92 Å². The van der Waals surface area contributed by atoms with E-state index < -0.39 is 35.5 Å². The van der Waals surface area contributed by atoms with Crippen molar-refractivity contribution in [3.8, 4) is 0 Å². The Morgan fingerprint density at radius 3 is 2.79 bits per heavy atom. The van der Waals surface area contributed by atoms with Crippen molar-refractivity contribution in [2.45, 2.75) is 62.4 Å². The molecule has 3 aromatic rings. The molecule has 4 aliphatic heterocycles. The highest BCUT2D eigenvalue weighted by Crippen LogP contribution is 2.46. The Morgan fingerprint density at radius 2 is 1.98 bits per heavy atom. The Hall–Kier alpha value is -3.99. The third-order valence-corrected chi connectivity index (χ3v) is 10.1. The number of hydrogen-bond donors (Lipinski definition) is 3. The van der Waals surface area contributed by atoms with E-state index in [2.05, 4.69) is 33.5 Å². The van der Waals surface area contributed by atoms with Gasteiger partial charge in [-0.15, -0.1) is 0 Å². The number of aromatic nitrogens is 1. The minimum Gasteiger partial charge on any atom is -0.361 e. The van der Waals surface area contributed by atoms with E-state index in [0.717, 1.165) is 28.6 Å². The molecule has 2 aromatic carbocycles. The van der Waals surface area contributed by atoms with Crippen LogP contribution in [0.15, 0.2) is 60.8 Å². The van der Waals surface area contributed by atoms with E-state index in [0.29, 0.717) is 25.9 Å². The maximum Gasteiger partial charge on any atom is 0.280 e. The van der Waals surface area contributed by atoms with Gasteiger partial charge in [-0.25, -0.2) is 0 Å². The fourth-order valence-electron chi connectivity index (χ4n) is 8.12. The second-order valence-electron chi connectivity index (χ2n) is 12.8. The smallest absolute Gasteiger partial charge is 0.280 e. The molecular formula is C33H35N5O5. The SMILES string of the molecule is CN1C[C@H](C(=O)N[C@]2(C)O[C@@]3(O)C4CCCN4C(=O)[C@H](Cc4ccccc4)N3C2=O)C=C2c3cccc4[nH]cc(c34)CC21. The average Bonchev–Trinajstić information content (AvgIpc) is 3.70. The molecule has 1 aromatic heterocycles. The van der Waals surface area contributed by atoms with Crippen LogP contribution in [0, 0.1) is 5.92 Å². The predicted molar refractivity (Wildman–Crippen MR) is 158 cm³/mol. The molecule has 3 amide bonds. The largest absolute Gasteiger partial charge is 0.361 e. The predicted octanol–water partition coefficient (Wildman–Crippen LogP) is 1.99. The Balaban J connectivity index is 1.11.